The number of anilines is 1. The van der Waals surface area contributed by atoms with E-state index in [1.54, 1.807) is 38.4 Å². The second-order valence-corrected chi connectivity index (χ2v) is 6.77. The summed E-state index contributed by atoms with van der Waals surface area (Å²) in [5.74, 6) is -1.97. The normalized spacial score (nSPS) is 20.0. The van der Waals surface area contributed by atoms with Crippen LogP contribution in [0.4, 0.5) is 10.1 Å². The van der Waals surface area contributed by atoms with Crippen molar-refractivity contribution in [1.29, 1.82) is 0 Å². The van der Waals surface area contributed by atoms with Gasteiger partial charge in [0.15, 0.2) is 11.6 Å². The van der Waals surface area contributed by atoms with Crippen molar-refractivity contribution >= 4 is 29.7 Å². The van der Waals surface area contributed by atoms with Gasteiger partial charge in [0.2, 0.25) is 5.91 Å². The van der Waals surface area contributed by atoms with Crippen molar-refractivity contribution in [3.8, 4) is 0 Å². The average molecular weight is 397 g/mol. The second kappa shape index (κ2) is 7.70. The Labute approximate surface area is 166 Å². The third-order valence-electron chi connectivity index (χ3n) is 4.69. The van der Waals surface area contributed by atoms with Gasteiger partial charge in [-0.15, -0.1) is 0 Å². The molecule has 1 heterocycles. The lowest BCUT2D eigenvalue weighted by molar-refractivity contribution is -0.136. The Bertz CT molecular complexity index is 973. The summed E-state index contributed by atoms with van der Waals surface area (Å²) in [6.45, 7) is 0. The number of nitrogens with one attached hydrogen (secondary N) is 2. The average Bonchev–Trinajstić information content (AvgIpc) is 3.14. The van der Waals surface area contributed by atoms with Gasteiger partial charge in [-0.05, 0) is 42.0 Å². The fraction of sp³-hybridized carbons (Fsp3) is 0.200. The fourth-order valence-electron chi connectivity index (χ4n) is 3.11. The highest BCUT2D eigenvalue weighted by Crippen LogP contribution is 2.31. The first-order valence-corrected chi connectivity index (χ1v) is 8.73. The molecule has 3 amide bonds. The van der Waals surface area contributed by atoms with Crippen molar-refractivity contribution in [3.05, 3.63) is 65.5 Å². The molecule has 0 saturated heterocycles. The molecule has 2 aromatic carbocycles. The number of halogens is 1. The lowest BCUT2D eigenvalue weighted by atomic mass is 9.82. The van der Waals surface area contributed by atoms with Crippen molar-refractivity contribution < 1.29 is 18.8 Å². The van der Waals surface area contributed by atoms with Gasteiger partial charge in [-0.1, -0.05) is 12.1 Å². The molecule has 4 N–H and O–H groups in total. The number of nitrogens with zero attached hydrogens (tertiary/aromatic N) is 2. The van der Waals surface area contributed by atoms with Crippen molar-refractivity contribution in [3.63, 3.8) is 0 Å². The van der Waals surface area contributed by atoms with Crippen LogP contribution in [0, 0.1) is 5.82 Å². The molecule has 0 fully saturated rings. The summed E-state index contributed by atoms with van der Waals surface area (Å²) >= 11 is 0. The quantitative estimate of drug-likeness (QED) is 0.693. The van der Waals surface area contributed by atoms with Gasteiger partial charge in [0.1, 0.15) is 5.82 Å². The number of carbonyl (C=O) groups is 3. The van der Waals surface area contributed by atoms with E-state index in [9.17, 15) is 18.8 Å². The summed E-state index contributed by atoms with van der Waals surface area (Å²) in [5, 5.41) is 5.51. The van der Waals surface area contributed by atoms with Crippen LogP contribution in [0.3, 0.4) is 0 Å². The number of benzene rings is 2. The highest BCUT2D eigenvalue weighted by Gasteiger charge is 2.52. The molecule has 1 aliphatic rings. The lowest BCUT2D eigenvalue weighted by Gasteiger charge is -2.32. The summed E-state index contributed by atoms with van der Waals surface area (Å²) in [6, 6.07) is 10.4. The molecular weight excluding hydrogens is 377 g/mol. The van der Waals surface area contributed by atoms with Crippen molar-refractivity contribution in [2.75, 3.05) is 19.4 Å². The van der Waals surface area contributed by atoms with Crippen LogP contribution in [-0.4, -0.2) is 49.1 Å². The Hall–Kier alpha value is -3.75. The first-order valence-electron chi connectivity index (χ1n) is 8.73. The smallest absolute Gasteiger partial charge is 0.255 e. The summed E-state index contributed by atoms with van der Waals surface area (Å²) in [4.78, 5) is 42.6. The van der Waals surface area contributed by atoms with E-state index in [0.29, 0.717) is 16.8 Å². The molecule has 3 rings (SSSR count). The topological polar surface area (TPSA) is 117 Å². The standard InChI is InChI=1S/C20H20FN5O3/c1-26(2)18(28)16-20(19(22)29,24-11-23-16)13-5-9-15(10-6-13)25-17(27)12-3-7-14(21)8-4-12/h3-11,16H,1-2H3,(H2,22,29)(H,23,24)(H,25,27). The van der Waals surface area contributed by atoms with Gasteiger partial charge < -0.3 is 21.3 Å². The highest BCUT2D eigenvalue weighted by molar-refractivity contribution is 6.04. The number of amides is 3. The number of nitrogens with two attached hydrogens (primary N) is 1. The van der Waals surface area contributed by atoms with E-state index in [1.165, 1.54) is 35.5 Å². The number of hydrogen-bond acceptors (Lipinski definition) is 5. The van der Waals surface area contributed by atoms with Gasteiger partial charge in [0.05, 0.1) is 6.34 Å². The maximum absolute atomic E-state index is 13.0. The largest absolute Gasteiger partial charge is 0.367 e. The van der Waals surface area contributed by atoms with Gasteiger partial charge in [-0.2, -0.15) is 0 Å². The number of likely N-dealkylation sites (N-methyl/N-ethyl adjacent to an activating group) is 1. The van der Waals surface area contributed by atoms with Crippen molar-refractivity contribution in [2.24, 2.45) is 10.7 Å². The molecule has 0 spiro atoms. The van der Waals surface area contributed by atoms with Crippen LogP contribution in [0.2, 0.25) is 0 Å². The third-order valence-corrected chi connectivity index (χ3v) is 4.69. The minimum atomic E-state index is -1.53. The molecule has 0 radical (unpaired) electrons. The Morgan fingerprint density at radius 3 is 2.28 bits per heavy atom. The summed E-state index contributed by atoms with van der Waals surface area (Å²) in [6.07, 6.45) is 1.29. The number of primary amides is 1. The van der Waals surface area contributed by atoms with E-state index in [4.69, 9.17) is 5.73 Å². The van der Waals surface area contributed by atoms with E-state index < -0.39 is 29.2 Å². The summed E-state index contributed by atoms with van der Waals surface area (Å²) in [5.41, 5.74) is 5.31. The third kappa shape index (κ3) is 3.66. The molecule has 29 heavy (non-hydrogen) atoms. The van der Waals surface area contributed by atoms with Crippen molar-refractivity contribution in [2.45, 2.75) is 11.6 Å². The number of carbonyl (C=O) groups excluding carboxylic acids is 3. The molecule has 8 nitrogen and oxygen atoms in total. The van der Waals surface area contributed by atoms with Crippen LogP contribution in [0.15, 0.2) is 53.5 Å². The molecule has 1 aliphatic heterocycles. The molecule has 9 heteroatoms. The van der Waals surface area contributed by atoms with Gasteiger partial charge in [-0.25, -0.2) is 4.39 Å². The van der Waals surface area contributed by atoms with Gasteiger partial charge in [0, 0.05) is 25.3 Å². The summed E-state index contributed by atoms with van der Waals surface area (Å²) < 4.78 is 13.0. The van der Waals surface area contributed by atoms with Crippen LogP contribution in [0.25, 0.3) is 0 Å². The number of aliphatic imine (C=N–C) groups is 1. The lowest BCUT2D eigenvalue weighted by Crippen LogP contribution is -2.59. The zero-order valence-electron chi connectivity index (χ0n) is 15.8. The number of hydrogen-bond donors (Lipinski definition) is 3. The van der Waals surface area contributed by atoms with Gasteiger partial charge >= 0.3 is 0 Å². The van der Waals surface area contributed by atoms with E-state index in [1.807, 2.05) is 0 Å². The Morgan fingerprint density at radius 2 is 1.72 bits per heavy atom. The van der Waals surface area contributed by atoms with E-state index in [0.717, 1.165) is 0 Å². The maximum Gasteiger partial charge on any atom is 0.255 e. The first-order chi connectivity index (χ1) is 13.8. The summed E-state index contributed by atoms with van der Waals surface area (Å²) in [7, 11) is 3.13. The molecular formula is C20H20FN5O3. The van der Waals surface area contributed by atoms with Crippen LogP contribution in [-0.2, 0) is 15.1 Å². The molecule has 0 bridgehead atoms. The second-order valence-electron chi connectivity index (χ2n) is 6.77. The Balaban J connectivity index is 1.85. The van der Waals surface area contributed by atoms with E-state index in [2.05, 4.69) is 15.6 Å². The predicted molar refractivity (Wildman–Crippen MR) is 106 cm³/mol. The highest BCUT2D eigenvalue weighted by atomic mass is 19.1. The SMILES string of the molecule is CN(C)C(=O)C1N=CNC1(C(N)=O)c1ccc(NC(=O)c2ccc(F)cc2)cc1. The van der Waals surface area contributed by atoms with Crippen LogP contribution >= 0.6 is 0 Å². The first kappa shape index (κ1) is 20.0. The molecule has 2 atom stereocenters. The molecule has 0 saturated carbocycles. The minimum Gasteiger partial charge on any atom is -0.367 e. The monoisotopic (exact) mass is 397 g/mol. The molecule has 2 unspecified atom stereocenters. The van der Waals surface area contributed by atoms with E-state index >= 15 is 0 Å². The van der Waals surface area contributed by atoms with E-state index in [-0.39, 0.29) is 5.91 Å². The van der Waals surface area contributed by atoms with Crippen LogP contribution < -0.4 is 16.4 Å². The molecule has 150 valence electrons. The molecule has 0 aromatic heterocycles. The Morgan fingerprint density at radius 1 is 1.10 bits per heavy atom. The van der Waals surface area contributed by atoms with Crippen LogP contribution in [0.5, 0.6) is 0 Å². The molecule has 0 aliphatic carbocycles. The Kier molecular flexibility index (Phi) is 5.31. The van der Waals surface area contributed by atoms with Gasteiger partial charge in [-0.3, -0.25) is 19.4 Å². The zero-order valence-corrected chi connectivity index (χ0v) is 15.8. The maximum atomic E-state index is 13.0. The van der Waals surface area contributed by atoms with Crippen molar-refractivity contribution in [1.82, 2.24) is 10.2 Å². The van der Waals surface area contributed by atoms with Gasteiger partial charge in [0.25, 0.3) is 11.8 Å². The minimum absolute atomic E-state index is 0.298. The zero-order chi connectivity index (χ0) is 21.2. The number of rotatable bonds is 5. The fourth-order valence-corrected chi connectivity index (χ4v) is 3.11. The molecule has 2 aromatic rings. The van der Waals surface area contributed by atoms with Crippen LogP contribution in [0.1, 0.15) is 15.9 Å². The predicted octanol–water partition coefficient (Wildman–Crippen LogP) is 0.847.